The maximum absolute atomic E-state index is 10.6. The normalized spacial score (nSPS) is 26.5. The summed E-state index contributed by atoms with van der Waals surface area (Å²) in [6, 6.07) is 10.5. The largest absolute Gasteiger partial charge is 0.490 e. The zero-order valence-electron chi connectivity index (χ0n) is 16.3. The van der Waals surface area contributed by atoms with Crippen molar-refractivity contribution in [2.24, 2.45) is 0 Å². The highest BCUT2D eigenvalue weighted by atomic mass is 19.4. The molecule has 0 aromatic heterocycles. The molecule has 0 radical (unpaired) electrons. The van der Waals surface area contributed by atoms with Gasteiger partial charge >= 0.3 is 12.1 Å². The average molecular weight is 427 g/mol. The summed E-state index contributed by atoms with van der Waals surface area (Å²) in [5.41, 5.74) is 1.89. The van der Waals surface area contributed by atoms with Gasteiger partial charge in [-0.05, 0) is 37.1 Å². The number of halogens is 3. The third-order valence-electron chi connectivity index (χ3n) is 5.48. The Morgan fingerprint density at radius 1 is 1.20 bits per heavy atom. The van der Waals surface area contributed by atoms with E-state index in [0.29, 0.717) is 17.7 Å². The van der Waals surface area contributed by atoms with E-state index in [1.165, 1.54) is 18.5 Å². The fourth-order valence-corrected chi connectivity index (χ4v) is 3.99. The Labute approximate surface area is 172 Å². The van der Waals surface area contributed by atoms with E-state index in [0.717, 1.165) is 39.4 Å². The van der Waals surface area contributed by atoms with Crippen molar-refractivity contribution in [2.75, 3.05) is 44.3 Å². The maximum atomic E-state index is 10.6. The standard InChI is InChI=1S/C18H23N3O2.C2HF3O2/c19-10-14-3-5-15(6-4-14)21-12-17-18(13-21)23-9-7-20(17)11-16-2-1-8-22-16;3-2(4,5)1(6)7/h3-6,16-18H,1-2,7-9,11-13H2;(H,6,7)/t16?,17-,18+;/m1./s1. The Morgan fingerprint density at radius 3 is 2.47 bits per heavy atom. The number of aliphatic carboxylic acids is 1. The van der Waals surface area contributed by atoms with E-state index in [-0.39, 0.29) is 6.10 Å². The number of carboxylic acids is 1. The molecule has 1 aromatic carbocycles. The fourth-order valence-electron chi connectivity index (χ4n) is 3.99. The topological polar surface area (TPSA) is 86.0 Å². The van der Waals surface area contributed by atoms with Crippen molar-refractivity contribution in [3.8, 4) is 6.07 Å². The van der Waals surface area contributed by atoms with Crippen LogP contribution in [-0.4, -0.2) is 79.8 Å². The Bertz CT molecular complexity index is 760. The Hall–Kier alpha value is -2.35. The molecule has 0 saturated carbocycles. The van der Waals surface area contributed by atoms with E-state index in [4.69, 9.17) is 24.6 Å². The van der Waals surface area contributed by atoms with Crippen LogP contribution >= 0.6 is 0 Å². The molecule has 7 nitrogen and oxygen atoms in total. The van der Waals surface area contributed by atoms with Gasteiger partial charge in [0.1, 0.15) is 0 Å². The molecule has 0 amide bonds. The van der Waals surface area contributed by atoms with Crippen molar-refractivity contribution in [3.05, 3.63) is 29.8 Å². The molecule has 1 unspecified atom stereocenters. The first-order valence-electron chi connectivity index (χ1n) is 9.80. The molecule has 3 aliphatic heterocycles. The van der Waals surface area contributed by atoms with Crippen LogP contribution in [0, 0.1) is 11.3 Å². The highest BCUT2D eigenvalue weighted by Gasteiger charge is 2.41. The van der Waals surface area contributed by atoms with Gasteiger partial charge in [-0.1, -0.05) is 0 Å². The number of carboxylic acid groups (broad SMARTS) is 1. The number of ether oxygens (including phenoxy) is 2. The molecule has 30 heavy (non-hydrogen) atoms. The number of morpholine rings is 1. The number of anilines is 1. The summed E-state index contributed by atoms with van der Waals surface area (Å²) in [4.78, 5) is 13.8. The third-order valence-corrected chi connectivity index (χ3v) is 5.48. The van der Waals surface area contributed by atoms with Crippen molar-refractivity contribution in [1.82, 2.24) is 4.90 Å². The minimum Gasteiger partial charge on any atom is -0.475 e. The van der Waals surface area contributed by atoms with Crippen LogP contribution in [0.4, 0.5) is 18.9 Å². The Balaban J connectivity index is 0.000000318. The smallest absolute Gasteiger partial charge is 0.475 e. The van der Waals surface area contributed by atoms with Crippen LogP contribution in [0.3, 0.4) is 0 Å². The van der Waals surface area contributed by atoms with Gasteiger partial charge in [0.05, 0.1) is 36.5 Å². The van der Waals surface area contributed by atoms with Gasteiger partial charge in [-0.15, -0.1) is 0 Å². The summed E-state index contributed by atoms with van der Waals surface area (Å²) in [6.45, 7) is 5.69. The molecule has 0 bridgehead atoms. The molecule has 1 aromatic rings. The number of nitriles is 1. The molecule has 4 rings (SSSR count). The Kier molecular flexibility index (Phi) is 7.18. The monoisotopic (exact) mass is 427 g/mol. The number of benzene rings is 1. The van der Waals surface area contributed by atoms with E-state index in [1.54, 1.807) is 0 Å². The second-order valence-electron chi connectivity index (χ2n) is 7.47. The van der Waals surface area contributed by atoms with Crippen LogP contribution in [0.1, 0.15) is 18.4 Å². The average Bonchev–Trinajstić information content (AvgIpc) is 3.38. The first kappa shape index (κ1) is 22.3. The van der Waals surface area contributed by atoms with Gasteiger partial charge < -0.3 is 19.5 Å². The quantitative estimate of drug-likeness (QED) is 0.792. The Morgan fingerprint density at radius 2 is 1.90 bits per heavy atom. The van der Waals surface area contributed by atoms with Gasteiger partial charge in [0.15, 0.2) is 0 Å². The van der Waals surface area contributed by atoms with Crippen molar-refractivity contribution in [2.45, 2.75) is 37.3 Å². The summed E-state index contributed by atoms with van der Waals surface area (Å²) in [6.07, 6.45) is -2.02. The first-order chi connectivity index (χ1) is 14.3. The second-order valence-corrected chi connectivity index (χ2v) is 7.47. The fraction of sp³-hybridized carbons (Fsp3) is 0.600. The van der Waals surface area contributed by atoms with E-state index in [9.17, 15) is 13.2 Å². The summed E-state index contributed by atoms with van der Waals surface area (Å²) < 4.78 is 43.6. The molecule has 1 N–H and O–H groups in total. The first-order valence-corrected chi connectivity index (χ1v) is 9.80. The molecule has 0 aliphatic carbocycles. The number of hydrogen-bond donors (Lipinski definition) is 1. The molecule has 0 spiro atoms. The summed E-state index contributed by atoms with van der Waals surface area (Å²) in [5.74, 6) is -2.76. The van der Waals surface area contributed by atoms with E-state index in [1.807, 2.05) is 24.3 Å². The molecule has 10 heteroatoms. The predicted octanol–water partition coefficient (Wildman–Crippen LogP) is 2.26. The molecular formula is C20H24F3N3O4. The zero-order valence-corrected chi connectivity index (χ0v) is 16.3. The molecule has 3 atom stereocenters. The van der Waals surface area contributed by atoms with Crippen LogP contribution in [0.15, 0.2) is 24.3 Å². The molecular weight excluding hydrogens is 403 g/mol. The molecule has 164 valence electrons. The lowest BCUT2D eigenvalue weighted by atomic mass is 10.1. The molecule has 3 aliphatic rings. The lowest BCUT2D eigenvalue weighted by Crippen LogP contribution is -2.52. The summed E-state index contributed by atoms with van der Waals surface area (Å²) in [7, 11) is 0. The van der Waals surface area contributed by atoms with E-state index >= 15 is 0 Å². The predicted molar refractivity (Wildman–Crippen MR) is 101 cm³/mol. The van der Waals surface area contributed by atoms with Gasteiger partial charge in [0.25, 0.3) is 0 Å². The minimum atomic E-state index is -5.08. The van der Waals surface area contributed by atoms with E-state index < -0.39 is 12.1 Å². The molecule has 3 saturated heterocycles. The lowest BCUT2D eigenvalue weighted by molar-refractivity contribution is -0.192. The molecule has 3 fully saturated rings. The number of fused-ring (bicyclic) bond motifs is 1. The van der Waals surface area contributed by atoms with Crippen molar-refractivity contribution >= 4 is 11.7 Å². The van der Waals surface area contributed by atoms with Crippen LogP contribution in [0.25, 0.3) is 0 Å². The van der Waals surface area contributed by atoms with Gasteiger partial charge in [0.2, 0.25) is 0 Å². The van der Waals surface area contributed by atoms with E-state index in [2.05, 4.69) is 15.9 Å². The maximum Gasteiger partial charge on any atom is 0.490 e. The third kappa shape index (κ3) is 5.62. The van der Waals surface area contributed by atoms with Crippen molar-refractivity contribution in [1.29, 1.82) is 5.26 Å². The number of carbonyl (C=O) groups is 1. The highest BCUT2D eigenvalue weighted by Crippen LogP contribution is 2.28. The SMILES string of the molecule is N#Cc1ccc(N2C[C@@H]3OCCN(CC4CCCO4)[C@@H]3C2)cc1.O=C(O)C(F)(F)F. The number of rotatable bonds is 3. The van der Waals surface area contributed by atoms with Gasteiger partial charge in [-0.25, -0.2) is 4.79 Å². The lowest BCUT2D eigenvalue weighted by Gasteiger charge is -2.37. The van der Waals surface area contributed by atoms with Gasteiger partial charge in [0, 0.05) is 38.5 Å². The summed E-state index contributed by atoms with van der Waals surface area (Å²) >= 11 is 0. The van der Waals surface area contributed by atoms with Gasteiger partial charge in [-0.2, -0.15) is 18.4 Å². The number of hydrogen-bond acceptors (Lipinski definition) is 6. The highest BCUT2D eigenvalue weighted by molar-refractivity contribution is 5.73. The van der Waals surface area contributed by atoms with Crippen molar-refractivity contribution in [3.63, 3.8) is 0 Å². The van der Waals surface area contributed by atoms with Crippen LogP contribution in [0.2, 0.25) is 0 Å². The number of nitrogens with zero attached hydrogens (tertiary/aromatic N) is 3. The van der Waals surface area contributed by atoms with Crippen LogP contribution in [-0.2, 0) is 14.3 Å². The minimum absolute atomic E-state index is 0.279. The van der Waals surface area contributed by atoms with Gasteiger partial charge in [-0.3, -0.25) is 4.90 Å². The second kappa shape index (κ2) is 9.64. The van der Waals surface area contributed by atoms with Crippen LogP contribution in [0.5, 0.6) is 0 Å². The zero-order chi connectivity index (χ0) is 21.7. The van der Waals surface area contributed by atoms with Crippen molar-refractivity contribution < 1.29 is 32.5 Å². The number of alkyl halides is 3. The summed E-state index contributed by atoms with van der Waals surface area (Å²) in [5, 5.41) is 16.1. The molecule has 3 heterocycles. The van der Waals surface area contributed by atoms with Crippen LogP contribution < -0.4 is 4.90 Å².